The first-order chi connectivity index (χ1) is 12.3. The van der Waals surface area contributed by atoms with Crippen LogP contribution in [0.3, 0.4) is 0 Å². The summed E-state index contributed by atoms with van der Waals surface area (Å²) in [7, 11) is 0. The zero-order chi connectivity index (χ0) is 20.3. The predicted molar refractivity (Wildman–Crippen MR) is 112 cm³/mol. The van der Waals surface area contributed by atoms with Gasteiger partial charge in [-0.25, -0.2) is 8.78 Å². The van der Waals surface area contributed by atoms with Gasteiger partial charge in [-0.2, -0.15) is 0 Å². The molecule has 1 unspecified atom stereocenters. The van der Waals surface area contributed by atoms with Crippen molar-refractivity contribution in [3.05, 3.63) is 70.9 Å². The van der Waals surface area contributed by atoms with Gasteiger partial charge in [-0.15, -0.1) is 0 Å². The van der Waals surface area contributed by atoms with Gasteiger partial charge in [-0.05, 0) is 55.2 Å². The van der Waals surface area contributed by atoms with Crippen LogP contribution >= 0.6 is 0 Å². The third kappa shape index (κ3) is 7.27. The van der Waals surface area contributed by atoms with E-state index in [4.69, 9.17) is 0 Å². The zero-order valence-electron chi connectivity index (χ0n) is 17.5. The highest BCUT2D eigenvalue weighted by Crippen LogP contribution is 2.33. The maximum Gasteiger partial charge on any atom is 0.165 e. The molecule has 0 amide bonds. The van der Waals surface area contributed by atoms with Crippen molar-refractivity contribution in [2.24, 2.45) is 5.92 Å². The Morgan fingerprint density at radius 2 is 1.62 bits per heavy atom. The van der Waals surface area contributed by atoms with Crippen molar-refractivity contribution < 1.29 is 8.78 Å². The Morgan fingerprint density at radius 3 is 2.08 bits per heavy atom. The SMILES string of the molecule is C=C(CC)/C(F)=C(/F)C(=C)C1=CC=C(/C(C)=C/CC(C)CC)CC1.CC. The molecule has 0 N–H and O–H groups in total. The van der Waals surface area contributed by atoms with Gasteiger partial charge in [0, 0.05) is 5.57 Å². The highest BCUT2D eigenvalue weighted by Gasteiger charge is 2.17. The average molecular weight is 363 g/mol. The molecule has 0 fully saturated rings. The summed E-state index contributed by atoms with van der Waals surface area (Å²) in [5.41, 5.74) is 3.60. The summed E-state index contributed by atoms with van der Waals surface area (Å²) in [5.74, 6) is -1.07. The van der Waals surface area contributed by atoms with Crippen LogP contribution in [0.25, 0.3) is 0 Å². The lowest BCUT2D eigenvalue weighted by molar-refractivity contribution is 0.552. The van der Waals surface area contributed by atoms with Crippen molar-refractivity contribution in [2.45, 2.75) is 73.6 Å². The predicted octanol–water partition coefficient (Wildman–Crippen LogP) is 8.71. The summed E-state index contributed by atoms with van der Waals surface area (Å²) in [5, 5.41) is 0. The van der Waals surface area contributed by atoms with Crippen LogP contribution in [0, 0.1) is 5.92 Å². The lowest BCUT2D eigenvalue weighted by Gasteiger charge is -2.17. The summed E-state index contributed by atoms with van der Waals surface area (Å²) < 4.78 is 28.1. The highest BCUT2D eigenvalue weighted by molar-refractivity contribution is 5.50. The Morgan fingerprint density at radius 1 is 1.08 bits per heavy atom. The van der Waals surface area contributed by atoms with Gasteiger partial charge in [0.2, 0.25) is 0 Å². The van der Waals surface area contributed by atoms with Crippen molar-refractivity contribution in [3.8, 4) is 0 Å². The van der Waals surface area contributed by atoms with Crippen molar-refractivity contribution in [2.75, 3.05) is 0 Å². The first-order valence-electron chi connectivity index (χ1n) is 9.81. The topological polar surface area (TPSA) is 0 Å². The number of rotatable bonds is 8. The van der Waals surface area contributed by atoms with Gasteiger partial charge in [0.25, 0.3) is 0 Å². The normalized spacial score (nSPS) is 16.5. The van der Waals surface area contributed by atoms with Crippen LogP contribution in [0.4, 0.5) is 8.78 Å². The van der Waals surface area contributed by atoms with E-state index in [2.05, 4.69) is 40.0 Å². The van der Waals surface area contributed by atoms with Crippen LogP contribution in [-0.2, 0) is 0 Å². The first kappa shape index (κ1) is 24.3. The molecule has 0 heterocycles. The van der Waals surface area contributed by atoms with Crippen LogP contribution in [0.1, 0.15) is 73.6 Å². The molecule has 0 spiro atoms. The second-order valence-corrected chi connectivity index (χ2v) is 6.58. The highest BCUT2D eigenvalue weighted by atomic mass is 19.2. The number of hydrogen-bond acceptors (Lipinski definition) is 0. The summed E-state index contributed by atoms with van der Waals surface area (Å²) in [6, 6.07) is 0. The quantitative estimate of drug-likeness (QED) is 0.379. The Kier molecular flexibility index (Phi) is 11.8. The van der Waals surface area contributed by atoms with Crippen molar-refractivity contribution in [3.63, 3.8) is 0 Å². The fourth-order valence-electron chi connectivity index (χ4n) is 2.48. The summed E-state index contributed by atoms with van der Waals surface area (Å²) in [4.78, 5) is 0. The summed E-state index contributed by atoms with van der Waals surface area (Å²) in [6.45, 7) is 19.6. The molecular formula is C24H36F2. The minimum absolute atomic E-state index is 0.138. The fraction of sp³-hybridized carbons (Fsp3) is 0.500. The van der Waals surface area contributed by atoms with E-state index >= 15 is 0 Å². The average Bonchev–Trinajstić information content (AvgIpc) is 2.70. The second-order valence-electron chi connectivity index (χ2n) is 6.58. The molecule has 0 aromatic carbocycles. The maximum atomic E-state index is 14.2. The minimum atomic E-state index is -0.881. The Balaban J connectivity index is 0.00000301. The van der Waals surface area contributed by atoms with Gasteiger partial charge in [-0.3, -0.25) is 0 Å². The van der Waals surface area contributed by atoms with Gasteiger partial charge in [-0.1, -0.05) is 78.0 Å². The van der Waals surface area contributed by atoms with E-state index < -0.39 is 11.7 Å². The smallest absolute Gasteiger partial charge is 0.165 e. The van der Waals surface area contributed by atoms with E-state index in [1.165, 1.54) is 17.6 Å². The summed E-state index contributed by atoms with van der Waals surface area (Å²) >= 11 is 0. The largest absolute Gasteiger partial charge is 0.203 e. The molecule has 0 aromatic heterocycles. The minimum Gasteiger partial charge on any atom is -0.203 e. The van der Waals surface area contributed by atoms with E-state index in [-0.39, 0.29) is 11.1 Å². The van der Waals surface area contributed by atoms with Crippen molar-refractivity contribution in [1.29, 1.82) is 0 Å². The molecule has 146 valence electrons. The van der Waals surface area contributed by atoms with Gasteiger partial charge >= 0.3 is 0 Å². The molecule has 0 bridgehead atoms. The second kappa shape index (κ2) is 12.6. The van der Waals surface area contributed by atoms with Crippen molar-refractivity contribution in [1.82, 2.24) is 0 Å². The molecule has 1 atom stereocenters. The number of halogens is 2. The molecule has 0 radical (unpaired) electrons. The van der Waals surface area contributed by atoms with Crippen LogP contribution in [0.15, 0.2) is 70.9 Å². The summed E-state index contributed by atoms with van der Waals surface area (Å²) in [6.07, 6.45) is 10.3. The zero-order valence-corrected chi connectivity index (χ0v) is 17.5. The van der Waals surface area contributed by atoms with E-state index in [9.17, 15) is 8.78 Å². The molecule has 26 heavy (non-hydrogen) atoms. The van der Waals surface area contributed by atoms with E-state index in [1.54, 1.807) is 6.92 Å². The lowest BCUT2D eigenvalue weighted by Crippen LogP contribution is -2.00. The van der Waals surface area contributed by atoms with Gasteiger partial charge in [0.05, 0.1) is 0 Å². The molecule has 1 aliphatic carbocycles. The molecular weight excluding hydrogens is 326 g/mol. The molecule has 1 aliphatic rings. The molecule has 2 heteroatoms. The molecule has 0 saturated heterocycles. The van der Waals surface area contributed by atoms with Crippen LogP contribution in [-0.4, -0.2) is 0 Å². The van der Waals surface area contributed by atoms with Crippen molar-refractivity contribution >= 4 is 0 Å². The van der Waals surface area contributed by atoms with Crippen LogP contribution in [0.2, 0.25) is 0 Å². The van der Waals surface area contributed by atoms with E-state index in [0.29, 0.717) is 18.8 Å². The molecule has 0 aromatic rings. The fourth-order valence-corrected chi connectivity index (χ4v) is 2.48. The standard InChI is InChI=1S/C22H30F2.C2H6/c1-7-15(3)9-10-17(5)19-11-13-20(14-12-19)18(6)22(24)21(23)16(4)8-2;1-2/h10-11,13,15H,4,6-9,12,14H2,1-3,5H3;1-2H3/b17-10+,22-21-;. The Bertz CT molecular complexity index is 612. The number of hydrogen-bond donors (Lipinski definition) is 0. The monoisotopic (exact) mass is 362 g/mol. The number of allylic oxidation sites excluding steroid dienone is 10. The Hall–Kier alpha value is -1.70. The molecule has 0 saturated carbocycles. The van der Waals surface area contributed by atoms with Crippen LogP contribution < -0.4 is 0 Å². The van der Waals surface area contributed by atoms with Gasteiger partial charge in [0.1, 0.15) is 0 Å². The van der Waals surface area contributed by atoms with E-state index in [1.807, 2.05) is 26.0 Å². The van der Waals surface area contributed by atoms with E-state index in [0.717, 1.165) is 18.4 Å². The maximum absolute atomic E-state index is 14.2. The third-order valence-electron chi connectivity index (χ3n) is 4.76. The molecule has 0 nitrogen and oxygen atoms in total. The molecule has 1 rings (SSSR count). The first-order valence-corrected chi connectivity index (χ1v) is 9.81. The van der Waals surface area contributed by atoms with Gasteiger partial charge in [0.15, 0.2) is 11.7 Å². The lowest BCUT2D eigenvalue weighted by atomic mass is 9.89. The third-order valence-corrected chi connectivity index (χ3v) is 4.76. The Labute approximate surface area is 159 Å². The van der Waals surface area contributed by atoms with Crippen LogP contribution in [0.5, 0.6) is 0 Å². The molecule has 0 aliphatic heterocycles. The van der Waals surface area contributed by atoms with Gasteiger partial charge < -0.3 is 0 Å².